The Morgan fingerprint density at radius 2 is 1.20 bits per heavy atom. The van der Waals surface area contributed by atoms with E-state index in [1.165, 1.54) is 11.1 Å². The molecule has 0 saturated heterocycles. The van der Waals surface area contributed by atoms with Crippen LogP contribution in [0.15, 0.2) is 84.9 Å². The van der Waals surface area contributed by atoms with E-state index in [0.29, 0.717) is 0 Å². The van der Waals surface area contributed by atoms with Crippen molar-refractivity contribution in [2.75, 3.05) is 0 Å². The Morgan fingerprint density at radius 3 is 1.65 bits per heavy atom. The average molecular weight is 299 g/mol. The van der Waals surface area contributed by atoms with Gasteiger partial charge in [-0.15, -0.1) is 5.56 Å². The van der Waals surface area contributed by atoms with Crippen LogP contribution in [0, 0.1) is 0 Å². The van der Waals surface area contributed by atoms with E-state index < -0.39 is 0 Å². The molecule has 107 valence electrons. The second-order valence-corrected chi connectivity index (χ2v) is 5.13. The summed E-state index contributed by atoms with van der Waals surface area (Å²) >= 11 is 0. The molecule has 0 saturated carbocycles. The number of rotatable bonds is 2. The van der Waals surface area contributed by atoms with Crippen molar-refractivity contribution in [3.05, 3.63) is 96.1 Å². The van der Waals surface area contributed by atoms with E-state index in [1.54, 1.807) is 0 Å². The van der Waals surface area contributed by atoms with Gasteiger partial charge in [0, 0.05) is 18.6 Å². The summed E-state index contributed by atoms with van der Waals surface area (Å²) in [6.07, 6.45) is 0. The van der Waals surface area contributed by atoms with Crippen molar-refractivity contribution in [1.82, 2.24) is 0 Å². The molecule has 0 spiro atoms. The molecule has 0 unspecified atom stereocenters. The van der Waals surface area contributed by atoms with E-state index in [0.717, 1.165) is 0 Å². The molecule has 0 aliphatic rings. The molecule has 0 N–H and O–H groups in total. The Balaban J connectivity index is 0.000000283. The maximum atomic E-state index is 2.26. The van der Waals surface area contributed by atoms with Crippen LogP contribution in [-0.4, -0.2) is 0 Å². The van der Waals surface area contributed by atoms with E-state index in [-0.39, 0.29) is 24.0 Å². The van der Waals surface area contributed by atoms with Gasteiger partial charge in [-0.3, -0.25) is 0 Å². The zero-order chi connectivity index (χ0) is 13.6. The summed E-state index contributed by atoms with van der Waals surface area (Å²) in [5.74, 6) is 0. The van der Waals surface area contributed by atoms with Gasteiger partial charge in [0.25, 0.3) is 0 Å². The fraction of sp³-hybridized carbons (Fsp3) is 0.158. The summed E-state index contributed by atoms with van der Waals surface area (Å²) in [6.45, 7) is 4.52. The first-order valence-corrected chi connectivity index (χ1v) is 6.65. The van der Waals surface area contributed by atoms with Crippen LogP contribution in [0.3, 0.4) is 0 Å². The molecule has 0 atom stereocenters. The Bertz CT molecular complexity index is 528. The van der Waals surface area contributed by atoms with Crippen molar-refractivity contribution >= 4 is 0 Å². The Morgan fingerprint density at radius 1 is 0.750 bits per heavy atom. The van der Waals surface area contributed by atoms with E-state index in [2.05, 4.69) is 68.4 Å². The molecule has 20 heavy (non-hydrogen) atoms. The first-order chi connectivity index (χ1) is 9.21. The van der Waals surface area contributed by atoms with Crippen LogP contribution in [0.4, 0.5) is 0 Å². The first-order valence-electron chi connectivity index (χ1n) is 6.65. The van der Waals surface area contributed by atoms with Crippen LogP contribution in [0.5, 0.6) is 0 Å². The monoisotopic (exact) mass is 299 g/mol. The van der Waals surface area contributed by atoms with Gasteiger partial charge in [0.1, 0.15) is 0 Å². The van der Waals surface area contributed by atoms with Gasteiger partial charge in [-0.05, 0) is 11.0 Å². The second-order valence-electron chi connectivity index (χ2n) is 5.13. The fourth-order valence-electron chi connectivity index (χ4n) is 2.13. The molecule has 0 nitrogen and oxygen atoms in total. The van der Waals surface area contributed by atoms with Gasteiger partial charge in [-0.1, -0.05) is 44.2 Å². The molecular formula is C19H20V-6. The predicted octanol–water partition coefficient (Wildman–Crippen LogP) is 5.13. The minimum atomic E-state index is 0. The number of benzene rings is 1. The topological polar surface area (TPSA) is 0 Å². The molecule has 0 bridgehead atoms. The van der Waals surface area contributed by atoms with Crippen LogP contribution in [-0.2, 0) is 24.0 Å². The molecule has 1 heteroatoms. The summed E-state index contributed by atoms with van der Waals surface area (Å²) in [7, 11) is 0. The van der Waals surface area contributed by atoms with Gasteiger partial charge >= 0.3 is 0 Å². The normalized spacial score (nSPS) is 10.1. The quantitative estimate of drug-likeness (QED) is 0.575. The molecular weight excluding hydrogens is 279 g/mol. The Kier molecular flexibility index (Phi) is 6.57. The zero-order valence-electron chi connectivity index (χ0n) is 12.0. The SMILES string of the molecule is CC(C)(c1ccccc1)[c-]1cccc1.[V].[cH-]1[cH-][cH-][cH-][cH-]1. The van der Waals surface area contributed by atoms with Crippen molar-refractivity contribution in [1.29, 1.82) is 0 Å². The molecule has 0 aromatic heterocycles. The van der Waals surface area contributed by atoms with Crippen LogP contribution >= 0.6 is 0 Å². The first kappa shape index (κ1) is 16.6. The number of hydrogen-bond acceptors (Lipinski definition) is 0. The van der Waals surface area contributed by atoms with Crippen molar-refractivity contribution in [3.63, 3.8) is 0 Å². The van der Waals surface area contributed by atoms with Crippen molar-refractivity contribution in [2.45, 2.75) is 19.3 Å². The Hall–Kier alpha value is -1.50. The van der Waals surface area contributed by atoms with Crippen molar-refractivity contribution in [3.8, 4) is 0 Å². The summed E-state index contributed by atoms with van der Waals surface area (Å²) in [5.41, 5.74) is 2.86. The third kappa shape index (κ3) is 4.26. The van der Waals surface area contributed by atoms with Gasteiger partial charge in [-0.25, -0.2) is 12.1 Å². The summed E-state index contributed by atoms with van der Waals surface area (Å²) in [5, 5.41) is 0. The van der Waals surface area contributed by atoms with Crippen molar-refractivity contribution in [2.24, 2.45) is 0 Å². The third-order valence-electron chi connectivity index (χ3n) is 3.44. The van der Waals surface area contributed by atoms with Gasteiger partial charge in [0.2, 0.25) is 0 Å². The van der Waals surface area contributed by atoms with Crippen molar-refractivity contribution < 1.29 is 18.6 Å². The minimum Gasteiger partial charge on any atom is -0.748 e. The molecule has 0 fully saturated rings. The summed E-state index contributed by atoms with van der Waals surface area (Å²) in [6, 6.07) is 29.2. The molecule has 0 aliphatic heterocycles. The fourth-order valence-corrected chi connectivity index (χ4v) is 2.13. The van der Waals surface area contributed by atoms with E-state index in [1.807, 2.05) is 30.3 Å². The van der Waals surface area contributed by atoms with Crippen LogP contribution in [0.25, 0.3) is 0 Å². The third-order valence-corrected chi connectivity index (χ3v) is 3.44. The summed E-state index contributed by atoms with van der Waals surface area (Å²) < 4.78 is 0. The van der Waals surface area contributed by atoms with Crippen LogP contribution in [0.2, 0.25) is 0 Å². The standard InChI is InChI=1S/C14H15.C5H5.V/c1-14(2,13-10-6-7-11-13)12-8-4-3-5-9-12;1-2-4-5-3-1;/h3-11H,1-2H3;1-5H;/q-1;-5;. The average Bonchev–Trinajstić information content (AvgIpc) is 3.15. The molecule has 3 aromatic carbocycles. The zero-order valence-corrected chi connectivity index (χ0v) is 13.4. The maximum Gasteiger partial charge on any atom is 0 e. The molecule has 0 amide bonds. The van der Waals surface area contributed by atoms with Gasteiger partial charge in [0.05, 0.1) is 0 Å². The predicted molar refractivity (Wildman–Crippen MR) is 82.6 cm³/mol. The second kappa shape index (κ2) is 7.94. The van der Waals surface area contributed by atoms with Crippen LogP contribution < -0.4 is 0 Å². The molecule has 0 heterocycles. The molecule has 3 aromatic rings. The van der Waals surface area contributed by atoms with E-state index >= 15 is 0 Å². The Labute approximate surface area is 134 Å². The molecule has 0 aliphatic carbocycles. The van der Waals surface area contributed by atoms with Gasteiger partial charge in [-0.2, -0.15) is 12.1 Å². The smallest absolute Gasteiger partial charge is 0 e. The summed E-state index contributed by atoms with van der Waals surface area (Å²) in [4.78, 5) is 0. The largest absolute Gasteiger partial charge is 0.748 e. The van der Waals surface area contributed by atoms with Gasteiger partial charge in [0.15, 0.2) is 0 Å². The minimum absolute atomic E-state index is 0. The molecule has 3 rings (SSSR count). The molecule has 1 radical (unpaired) electrons. The van der Waals surface area contributed by atoms with E-state index in [4.69, 9.17) is 0 Å². The number of hydrogen-bond donors (Lipinski definition) is 0. The van der Waals surface area contributed by atoms with Crippen LogP contribution in [0.1, 0.15) is 25.0 Å². The van der Waals surface area contributed by atoms with Gasteiger partial charge < -0.3 is 30.3 Å². The maximum absolute atomic E-state index is 2.26. The van der Waals surface area contributed by atoms with E-state index in [9.17, 15) is 0 Å².